The third-order valence-corrected chi connectivity index (χ3v) is 1.13. The Hall–Kier alpha value is -1.23. The first-order valence-electron chi connectivity index (χ1n) is 3.57. The van der Waals surface area contributed by atoms with Crippen molar-refractivity contribution >= 4 is 5.91 Å². The van der Waals surface area contributed by atoms with Gasteiger partial charge in [0.2, 0.25) is 5.91 Å². The molecule has 0 bridgehead atoms. The van der Waals surface area contributed by atoms with E-state index in [9.17, 15) is 4.79 Å². The molecular weight excluding hydrogens is 138 g/mol. The summed E-state index contributed by atoms with van der Waals surface area (Å²) in [7, 11) is 0. The summed E-state index contributed by atoms with van der Waals surface area (Å²) in [5, 5.41) is 2.71. The Morgan fingerprint density at radius 3 is 2.91 bits per heavy atom. The minimum absolute atomic E-state index is 0.0590. The summed E-state index contributed by atoms with van der Waals surface area (Å²) in [4.78, 5) is 10.9. The Kier molecular flexibility index (Phi) is 4.93. The molecule has 0 aromatic carbocycles. The second-order valence-corrected chi connectivity index (χ2v) is 2.32. The van der Waals surface area contributed by atoms with Crippen molar-refractivity contribution in [1.29, 1.82) is 0 Å². The van der Waals surface area contributed by atoms with E-state index in [-0.39, 0.29) is 11.9 Å². The zero-order valence-electron chi connectivity index (χ0n) is 6.92. The fraction of sp³-hybridized carbons (Fsp3) is 0.444. The Labute approximate surface area is 67.7 Å². The van der Waals surface area contributed by atoms with E-state index in [4.69, 9.17) is 6.42 Å². The van der Waals surface area contributed by atoms with Gasteiger partial charge in [0.25, 0.3) is 0 Å². The smallest absolute Gasteiger partial charge is 0.243 e. The average Bonchev–Trinajstić information content (AvgIpc) is 1.87. The van der Waals surface area contributed by atoms with E-state index in [1.165, 1.54) is 6.08 Å². The number of allylic oxidation sites excluding steroid dienone is 1. The van der Waals surface area contributed by atoms with E-state index in [0.29, 0.717) is 6.42 Å². The summed E-state index contributed by atoms with van der Waals surface area (Å²) in [5.74, 6) is 2.39. The molecule has 1 N–H and O–H groups in total. The summed E-state index contributed by atoms with van der Waals surface area (Å²) in [6.07, 6.45) is 8.80. The van der Waals surface area contributed by atoms with Crippen molar-refractivity contribution in [3.63, 3.8) is 0 Å². The monoisotopic (exact) mass is 151 g/mol. The van der Waals surface area contributed by atoms with Crippen molar-refractivity contribution in [2.75, 3.05) is 0 Å². The van der Waals surface area contributed by atoms with Crippen molar-refractivity contribution in [2.24, 2.45) is 0 Å². The van der Waals surface area contributed by atoms with Gasteiger partial charge in [-0.15, -0.1) is 12.3 Å². The van der Waals surface area contributed by atoms with E-state index >= 15 is 0 Å². The predicted molar refractivity (Wildman–Crippen MR) is 45.9 cm³/mol. The van der Waals surface area contributed by atoms with Gasteiger partial charge in [0.1, 0.15) is 0 Å². The number of hydrogen-bond donors (Lipinski definition) is 1. The number of rotatable bonds is 3. The van der Waals surface area contributed by atoms with Crippen LogP contribution in [0.15, 0.2) is 12.2 Å². The second kappa shape index (κ2) is 5.55. The lowest BCUT2D eigenvalue weighted by Crippen LogP contribution is -2.30. The maximum atomic E-state index is 10.9. The molecule has 0 saturated heterocycles. The van der Waals surface area contributed by atoms with Crippen LogP contribution in [0, 0.1) is 12.3 Å². The molecule has 0 fully saturated rings. The van der Waals surface area contributed by atoms with Crippen LogP contribution in [0.25, 0.3) is 0 Å². The summed E-state index contributed by atoms with van der Waals surface area (Å²) < 4.78 is 0. The summed E-state index contributed by atoms with van der Waals surface area (Å²) in [6.45, 7) is 3.67. The molecule has 2 nitrogen and oxygen atoms in total. The van der Waals surface area contributed by atoms with E-state index < -0.39 is 0 Å². The Morgan fingerprint density at radius 1 is 1.82 bits per heavy atom. The Bertz CT molecular complexity index is 188. The van der Waals surface area contributed by atoms with E-state index in [1.807, 2.05) is 6.92 Å². The lowest BCUT2D eigenvalue weighted by molar-refractivity contribution is -0.117. The molecule has 0 aromatic rings. The van der Waals surface area contributed by atoms with Crippen LogP contribution in [0.3, 0.4) is 0 Å². The van der Waals surface area contributed by atoms with Gasteiger partial charge in [0.05, 0.1) is 0 Å². The second-order valence-electron chi connectivity index (χ2n) is 2.32. The highest BCUT2D eigenvalue weighted by Crippen LogP contribution is 1.87. The van der Waals surface area contributed by atoms with Crippen LogP contribution in [0.5, 0.6) is 0 Å². The molecule has 0 aliphatic carbocycles. The largest absolute Gasteiger partial charge is 0.349 e. The van der Waals surface area contributed by atoms with Crippen LogP contribution in [0.4, 0.5) is 0 Å². The average molecular weight is 151 g/mol. The lowest BCUT2D eigenvalue weighted by atomic mass is 10.2. The molecule has 0 rings (SSSR count). The van der Waals surface area contributed by atoms with Gasteiger partial charge >= 0.3 is 0 Å². The van der Waals surface area contributed by atoms with Gasteiger partial charge in [-0.2, -0.15) is 0 Å². The van der Waals surface area contributed by atoms with Gasteiger partial charge in [0.15, 0.2) is 0 Å². The Morgan fingerprint density at radius 2 is 2.45 bits per heavy atom. The Balaban J connectivity index is 3.68. The maximum absolute atomic E-state index is 10.9. The first kappa shape index (κ1) is 9.77. The quantitative estimate of drug-likeness (QED) is 0.475. The molecule has 0 aliphatic heterocycles. The number of nitrogens with one attached hydrogen (secondary N) is 1. The van der Waals surface area contributed by atoms with E-state index in [0.717, 1.165) is 0 Å². The van der Waals surface area contributed by atoms with Gasteiger partial charge < -0.3 is 5.32 Å². The van der Waals surface area contributed by atoms with Crippen LogP contribution in [-0.2, 0) is 4.79 Å². The van der Waals surface area contributed by atoms with Crippen LogP contribution in [-0.4, -0.2) is 11.9 Å². The fourth-order valence-corrected chi connectivity index (χ4v) is 0.670. The molecule has 0 saturated carbocycles. The molecule has 0 aromatic heterocycles. The zero-order valence-corrected chi connectivity index (χ0v) is 6.92. The zero-order chi connectivity index (χ0) is 8.69. The van der Waals surface area contributed by atoms with E-state index in [1.54, 1.807) is 13.0 Å². The lowest BCUT2D eigenvalue weighted by Gasteiger charge is -2.07. The number of amides is 1. The topological polar surface area (TPSA) is 29.1 Å². The minimum atomic E-state index is -0.0877. The molecule has 1 amide bonds. The van der Waals surface area contributed by atoms with Crippen molar-refractivity contribution in [3.05, 3.63) is 12.2 Å². The molecule has 2 heteroatoms. The van der Waals surface area contributed by atoms with Crippen molar-refractivity contribution in [3.8, 4) is 12.3 Å². The molecular formula is C9H13NO. The van der Waals surface area contributed by atoms with Gasteiger partial charge in [-0.05, 0) is 19.9 Å². The fourth-order valence-electron chi connectivity index (χ4n) is 0.670. The van der Waals surface area contributed by atoms with Gasteiger partial charge in [0, 0.05) is 12.5 Å². The number of hydrogen-bond acceptors (Lipinski definition) is 1. The molecule has 0 radical (unpaired) electrons. The van der Waals surface area contributed by atoms with Gasteiger partial charge in [-0.25, -0.2) is 0 Å². The van der Waals surface area contributed by atoms with Crippen LogP contribution in [0.1, 0.15) is 20.3 Å². The number of terminal acetylenes is 1. The summed E-state index contributed by atoms with van der Waals surface area (Å²) >= 11 is 0. The third kappa shape index (κ3) is 5.23. The van der Waals surface area contributed by atoms with E-state index in [2.05, 4.69) is 11.2 Å². The molecule has 0 aliphatic rings. The molecule has 60 valence electrons. The van der Waals surface area contributed by atoms with Crippen LogP contribution >= 0.6 is 0 Å². The van der Waals surface area contributed by atoms with Crippen LogP contribution in [0.2, 0.25) is 0 Å². The highest BCUT2D eigenvalue weighted by atomic mass is 16.1. The highest BCUT2D eigenvalue weighted by Gasteiger charge is 2.00. The number of carbonyl (C=O) groups excluding carboxylic acids is 1. The molecule has 1 unspecified atom stereocenters. The minimum Gasteiger partial charge on any atom is -0.349 e. The molecule has 11 heavy (non-hydrogen) atoms. The van der Waals surface area contributed by atoms with Crippen molar-refractivity contribution in [1.82, 2.24) is 5.32 Å². The van der Waals surface area contributed by atoms with Gasteiger partial charge in [-0.1, -0.05) is 6.08 Å². The highest BCUT2D eigenvalue weighted by molar-refractivity contribution is 5.87. The summed E-state index contributed by atoms with van der Waals surface area (Å²) in [6, 6.07) is 0.0590. The first-order valence-corrected chi connectivity index (χ1v) is 3.57. The normalized spacial score (nSPS) is 12.5. The van der Waals surface area contributed by atoms with Crippen molar-refractivity contribution < 1.29 is 4.79 Å². The van der Waals surface area contributed by atoms with Gasteiger partial charge in [-0.3, -0.25) is 4.79 Å². The SMILES string of the molecule is C#CCC(C)NC(=O)/C=C/C. The predicted octanol–water partition coefficient (Wildman–Crippen LogP) is 1.09. The summed E-state index contributed by atoms with van der Waals surface area (Å²) in [5.41, 5.74) is 0. The maximum Gasteiger partial charge on any atom is 0.243 e. The molecule has 1 atom stereocenters. The number of carbonyl (C=O) groups is 1. The first-order chi connectivity index (χ1) is 5.20. The van der Waals surface area contributed by atoms with Crippen LogP contribution < -0.4 is 5.32 Å². The molecule has 0 heterocycles. The van der Waals surface area contributed by atoms with Crippen molar-refractivity contribution in [2.45, 2.75) is 26.3 Å². The molecule has 0 spiro atoms. The third-order valence-electron chi connectivity index (χ3n) is 1.13. The standard InChI is InChI=1S/C9H13NO/c1-4-6-8(3)10-9(11)7-5-2/h1,5,7-8H,6H2,2-3H3,(H,10,11)/b7-5+.